The monoisotopic (exact) mass is 259 g/mol. The van der Waals surface area contributed by atoms with E-state index in [4.69, 9.17) is 5.11 Å². The van der Waals surface area contributed by atoms with E-state index < -0.39 is 11.9 Å². The molecule has 2 N–H and O–H groups in total. The largest absolute Gasteiger partial charge is 0.481 e. The standard InChI is InChI=1S/C15H17NO3/c17-14(12-8-13(12)15(18)19)16-11-6-10(7-11)9-4-2-1-3-5-9/h1-5,10-13H,6-8H2,(H,16,17)(H,18,19). The van der Waals surface area contributed by atoms with Crippen LogP contribution in [0.3, 0.4) is 0 Å². The maximum absolute atomic E-state index is 11.8. The fourth-order valence-corrected chi connectivity index (χ4v) is 2.80. The van der Waals surface area contributed by atoms with Crippen LogP contribution in [-0.2, 0) is 9.59 Å². The van der Waals surface area contributed by atoms with E-state index >= 15 is 0 Å². The van der Waals surface area contributed by atoms with Crippen LogP contribution in [0, 0.1) is 11.8 Å². The summed E-state index contributed by atoms with van der Waals surface area (Å²) in [6, 6.07) is 10.5. The van der Waals surface area contributed by atoms with Crippen molar-refractivity contribution in [1.82, 2.24) is 5.32 Å². The highest BCUT2D eigenvalue weighted by Crippen LogP contribution is 2.41. The zero-order valence-electron chi connectivity index (χ0n) is 10.6. The molecular formula is C15H17NO3. The van der Waals surface area contributed by atoms with Gasteiger partial charge in [0.05, 0.1) is 11.8 Å². The Balaban J connectivity index is 1.45. The molecule has 0 heterocycles. The molecular weight excluding hydrogens is 242 g/mol. The number of carbonyl (C=O) groups is 2. The summed E-state index contributed by atoms with van der Waals surface area (Å²) in [5, 5.41) is 11.7. The molecule has 19 heavy (non-hydrogen) atoms. The third kappa shape index (κ3) is 2.48. The van der Waals surface area contributed by atoms with Gasteiger partial charge in [-0.3, -0.25) is 9.59 Å². The van der Waals surface area contributed by atoms with Crippen molar-refractivity contribution in [2.75, 3.05) is 0 Å². The lowest BCUT2D eigenvalue weighted by molar-refractivity contribution is -0.140. The van der Waals surface area contributed by atoms with Crippen LogP contribution in [0.2, 0.25) is 0 Å². The second-order valence-corrected chi connectivity index (χ2v) is 5.57. The van der Waals surface area contributed by atoms with Crippen LogP contribution in [0.1, 0.15) is 30.7 Å². The fourth-order valence-electron chi connectivity index (χ4n) is 2.80. The van der Waals surface area contributed by atoms with Gasteiger partial charge in [0.1, 0.15) is 0 Å². The second-order valence-electron chi connectivity index (χ2n) is 5.57. The van der Waals surface area contributed by atoms with Gasteiger partial charge in [0.25, 0.3) is 0 Å². The molecule has 2 aliphatic carbocycles. The number of nitrogens with one attached hydrogen (secondary N) is 1. The topological polar surface area (TPSA) is 66.4 Å². The van der Waals surface area contributed by atoms with Gasteiger partial charge in [-0.15, -0.1) is 0 Å². The second kappa shape index (κ2) is 4.68. The first-order valence-corrected chi connectivity index (χ1v) is 6.73. The normalized spacial score (nSPS) is 32.2. The molecule has 2 saturated carbocycles. The van der Waals surface area contributed by atoms with E-state index in [1.165, 1.54) is 5.56 Å². The highest BCUT2D eigenvalue weighted by Gasteiger charge is 2.49. The maximum Gasteiger partial charge on any atom is 0.307 e. The molecule has 1 aromatic rings. The summed E-state index contributed by atoms with van der Waals surface area (Å²) >= 11 is 0. The lowest BCUT2D eigenvalue weighted by Gasteiger charge is -2.36. The summed E-state index contributed by atoms with van der Waals surface area (Å²) in [5.74, 6) is -1.15. The van der Waals surface area contributed by atoms with E-state index in [1.807, 2.05) is 18.2 Å². The van der Waals surface area contributed by atoms with Gasteiger partial charge < -0.3 is 10.4 Å². The lowest BCUT2D eigenvalue weighted by Crippen LogP contribution is -2.44. The van der Waals surface area contributed by atoms with Crippen LogP contribution in [0.4, 0.5) is 0 Å². The average Bonchev–Trinajstić information content (AvgIpc) is 3.14. The molecule has 0 spiro atoms. The smallest absolute Gasteiger partial charge is 0.307 e. The first kappa shape index (κ1) is 12.2. The highest BCUT2D eigenvalue weighted by molar-refractivity contribution is 5.89. The molecule has 2 unspecified atom stereocenters. The molecule has 0 radical (unpaired) electrons. The third-order valence-corrected chi connectivity index (χ3v) is 4.20. The summed E-state index contributed by atoms with van der Waals surface area (Å²) in [6.45, 7) is 0. The number of hydrogen-bond acceptors (Lipinski definition) is 2. The Morgan fingerprint density at radius 2 is 1.74 bits per heavy atom. The molecule has 1 amide bonds. The van der Waals surface area contributed by atoms with E-state index in [0.29, 0.717) is 12.3 Å². The summed E-state index contributed by atoms with van der Waals surface area (Å²) < 4.78 is 0. The summed E-state index contributed by atoms with van der Waals surface area (Å²) in [6.07, 6.45) is 2.41. The Morgan fingerprint density at radius 1 is 1.05 bits per heavy atom. The molecule has 0 aromatic heterocycles. The van der Waals surface area contributed by atoms with Gasteiger partial charge in [0.15, 0.2) is 0 Å². The molecule has 0 bridgehead atoms. The molecule has 3 rings (SSSR count). The number of amides is 1. The number of hydrogen-bond donors (Lipinski definition) is 2. The number of aliphatic carboxylic acids is 1. The maximum atomic E-state index is 11.8. The molecule has 2 atom stereocenters. The van der Waals surface area contributed by atoms with Crippen LogP contribution >= 0.6 is 0 Å². The number of rotatable bonds is 4. The van der Waals surface area contributed by atoms with Gasteiger partial charge in [-0.05, 0) is 30.7 Å². The van der Waals surface area contributed by atoms with Gasteiger partial charge in [-0.1, -0.05) is 30.3 Å². The summed E-state index contributed by atoms with van der Waals surface area (Å²) in [7, 11) is 0. The van der Waals surface area contributed by atoms with Crippen molar-refractivity contribution >= 4 is 11.9 Å². The van der Waals surface area contributed by atoms with E-state index in [-0.39, 0.29) is 17.9 Å². The third-order valence-electron chi connectivity index (χ3n) is 4.20. The Kier molecular flexibility index (Phi) is 3.01. The van der Waals surface area contributed by atoms with Gasteiger partial charge >= 0.3 is 5.97 Å². The molecule has 100 valence electrons. The Bertz CT molecular complexity index is 493. The lowest BCUT2D eigenvalue weighted by atomic mass is 9.76. The Labute approximate surface area is 111 Å². The van der Waals surface area contributed by atoms with Crippen LogP contribution < -0.4 is 5.32 Å². The van der Waals surface area contributed by atoms with Gasteiger partial charge in [-0.2, -0.15) is 0 Å². The summed E-state index contributed by atoms with van der Waals surface area (Å²) in [5.41, 5.74) is 1.32. The molecule has 2 fully saturated rings. The van der Waals surface area contributed by atoms with Crippen molar-refractivity contribution in [3.63, 3.8) is 0 Å². The minimum Gasteiger partial charge on any atom is -0.481 e. The van der Waals surface area contributed by atoms with Crippen molar-refractivity contribution in [3.8, 4) is 0 Å². The number of carboxylic acids is 1. The molecule has 2 aliphatic rings. The average molecular weight is 259 g/mol. The number of carbonyl (C=O) groups excluding carboxylic acids is 1. The zero-order chi connectivity index (χ0) is 13.4. The van der Waals surface area contributed by atoms with E-state index in [1.54, 1.807) is 0 Å². The van der Waals surface area contributed by atoms with Crippen molar-refractivity contribution in [2.24, 2.45) is 11.8 Å². The van der Waals surface area contributed by atoms with Crippen LogP contribution in [0.5, 0.6) is 0 Å². The molecule has 4 heteroatoms. The minimum absolute atomic E-state index is 0.0797. The van der Waals surface area contributed by atoms with E-state index in [0.717, 1.165) is 12.8 Å². The first-order chi connectivity index (χ1) is 9.15. The predicted molar refractivity (Wildman–Crippen MR) is 69.6 cm³/mol. The van der Waals surface area contributed by atoms with E-state index in [2.05, 4.69) is 17.4 Å². The Hall–Kier alpha value is -1.84. The Morgan fingerprint density at radius 3 is 2.32 bits per heavy atom. The predicted octanol–water partition coefficient (Wildman–Crippen LogP) is 1.77. The highest BCUT2D eigenvalue weighted by atomic mass is 16.4. The van der Waals surface area contributed by atoms with Crippen molar-refractivity contribution in [3.05, 3.63) is 35.9 Å². The molecule has 1 aromatic carbocycles. The van der Waals surface area contributed by atoms with Crippen molar-refractivity contribution in [2.45, 2.75) is 31.2 Å². The summed E-state index contributed by atoms with van der Waals surface area (Å²) in [4.78, 5) is 22.5. The SMILES string of the molecule is O=C(O)C1CC1C(=O)NC1CC(c2ccccc2)C1. The van der Waals surface area contributed by atoms with Crippen molar-refractivity contribution in [1.29, 1.82) is 0 Å². The van der Waals surface area contributed by atoms with Crippen LogP contribution in [0.25, 0.3) is 0 Å². The van der Waals surface area contributed by atoms with E-state index in [9.17, 15) is 9.59 Å². The fraction of sp³-hybridized carbons (Fsp3) is 0.467. The van der Waals surface area contributed by atoms with Gasteiger partial charge in [0, 0.05) is 6.04 Å². The quantitative estimate of drug-likeness (QED) is 0.866. The van der Waals surface area contributed by atoms with Crippen molar-refractivity contribution < 1.29 is 14.7 Å². The van der Waals surface area contributed by atoms with Gasteiger partial charge in [0.2, 0.25) is 5.91 Å². The van der Waals surface area contributed by atoms with Gasteiger partial charge in [-0.25, -0.2) is 0 Å². The zero-order valence-corrected chi connectivity index (χ0v) is 10.6. The molecule has 0 aliphatic heterocycles. The number of benzene rings is 1. The van der Waals surface area contributed by atoms with Crippen LogP contribution in [0.15, 0.2) is 30.3 Å². The minimum atomic E-state index is -0.851. The number of carboxylic acid groups (broad SMARTS) is 1. The molecule has 0 saturated heterocycles. The molecule has 4 nitrogen and oxygen atoms in total. The first-order valence-electron chi connectivity index (χ1n) is 6.73. The van der Waals surface area contributed by atoms with Crippen LogP contribution in [-0.4, -0.2) is 23.0 Å².